The van der Waals surface area contributed by atoms with Gasteiger partial charge >= 0.3 is 5.97 Å². The minimum atomic E-state index is -0.757. The van der Waals surface area contributed by atoms with E-state index in [1.54, 1.807) is 53.5 Å². The van der Waals surface area contributed by atoms with E-state index in [0.717, 1.165) is 0 Å². The number of amides is 4. The van der Waals surface area contributed by atoms with Gasteiger partial charge in [0, 0.05) is 61.6 Å². The van der Waals surface area contributed by atoms with Crippen LogP contribution in [0, 0.1) is 37.9 Å². The summed E-state index contributed by atoms with van der Waals surface area (Å²) in [5.74, 6) is -0.832. The molecule has 332 valence electrons. The van der Waals surface area contributed by atoms with Crippen molar-refractivity contribution in [1.82, 2.24) is 15.5 Å². The Labute approximate surface area is 335 Å². The van der Waals surface area contributed by atoms with E-state index in [-0.39, 0.29) is 82.0 Å². The fraction of sp³-hybridized carbons (Fsp3) is 0.878. The van der Waals surface area contributed by atoms with E-state index < -0.39 is 11.4 Å². The molecule has 4 amide bonds. The highest BCUT2D eigenvalue weighted by molar-refractivity contribution is 5.82. The van der Waals surface area contributed by atoms with Crippen LogP contribution < -0.4 is 16.4 Å². The predicted octanol–water partition coefficient (Wildman–Crippen LogP) is 4.84. The third-order valence-corrected chi connectivity index (χ3v) is 6.11. The molecule has 1 aliphatic rings. The number of carbonyl (C=O) groups is 5. The first-order valence-corrected chi connectivity index (χ1v) is 18.7. The molecule has 0 radical (unpaired) electrons. The average Bonchev–Trinajstić information content (AvgIpc) is 2.96. The lowest BCUT2D eigenvalue weighted by Gasteiger charge is -2.39. The molecule has 0 spiro atoms. The first kappa shape index (κ1) is 64.1. The summed E-state index contributed by atoms with van der Waals surface area (Å²) in [6.45, 7) is 41.0. The number of nitrogens with zero attached hydrogens (tertiary/aromatic N) is 1. The van der Waals surface area contributed by atoms with E-state index >= 15 is 0 Å². The van der Waals surface area contributed by atoms with Crippen molar-refractivity contribution in [3.05, 3.63) is 0 Å². The molecule has 1 aliphatic heterocycles. The Kier molecular flexibility index (Phi) is 32.3. The maximum absolute atomic E-state index is 11.4. The Morgan fingerprint density at radius 3 is 0.964 bits per heavy atom. The molecule has 14 nitrogen and oxygen atoms in total. The van der Waals surface area contributed by atoms with Crippen LogP contribution in [0.25, 0.3) is 0 Å². The maximum Gasteiger partial charge on any atom is 0.308 e. The largest absolute Gasteiger partial charge is 0.481 e. The molecule has 0 aromatic heterocycles. The van der Waals surface area contributed by atoms with Crippen LogP contribution in [0.2, 0.25) is 0 Å². The Bertz CT molecular complexity index is 1030. The van der Waals surface area contributed by atoms with Gasteiger partial charge in [0.15, 0.2) is 0 Å². The normalized spacial score (nSPS) is 13.1. The number of rotatable bonds is 2. The second-order valence-corrected chi connectivity index (χ2v) is 20.8. The topological polar surface area (TPSA) is 240 Å². The van der Waals surface area contributed by atoms with Crippen LogP contribution in [0.15, 0.2) is 0 Å². The van der Waals surface area contributed by atoms with E-state index in [1.165, 1.54) is 0 Å². The second kappa shape index (κ2) is 27.7. The van der Waals surface area contributed by atoms with Crippen LogP contribution >= 0.6 is 0 Å². The van der Waals surface area contributed by atoms with Crippen LogP contribution in [0.1, 0.15) is 145 Å². The number of carboxylic acids is 1. The molecule has 0 aromatic carbocycles. The molecule has 0 unspecified atom stereocenters. The number of likely N-dealkylation sites (tertiary alicyclic amines) is 1. The van der Waals surface area contributed by atoms with E-state index in [1.807, 2.05) is 104 Å². The Morgan fingerprint density at radius 2 is 0.855 bits per heavy atom. The first-order chi connectivity index (χ1) is 23.9. The zero-order valence-electron chi connectivity index (χ0n) is 39.1. The Balaban J connectivity index is -0.000000129. The molecule has 0 bridgehead atoms. The smallest absolute Gasteiger partial charge is 0.308 e. The van der Waals surface area contributed by atoms with Crippen molar-refractivity contribution < 1.29 is 49.5 Å². The molecule has 55 heavy (non-hydrogen) atoms. The van der Waals surface area contributed by atoms with Gasteiger partial charge in [-0.15, -0.1) is 0 Å². The zero-order valence-corrected chi connectivity index (χ0v) is 39.1. The minimum absolute atomic E-state index is 0.00181. The summed E-state index contributed by atoms with van der Waals surface area (Å²) in [6, 6.07) is 0. The summed E-state index contributed by atoms with van der Waals surface area (Å²) in [5.41, 5.74) is 3.28. The number of carbonyl (C=O) groups excluding carboxylic acids is 4. The fourth-order valence-corrected chi connectivity index (χ4v) is 1.91. The summed E-state index contributed by atoms with van der Waals surface area (Å²) < 4.78 is 0. The van der Waals surface area contributed by atoms with Gasteiger partial charge in [0.05, 0.1) is 18.1 Å². The highest BCUT2D eigenvalue weighted by atomic mass is 16.4. The number of aliphatic hydroxyl groups is 4. The molecule has 1 saturated heterocycles. The number of primary amides is 1. The number of aliphatic carboxylic acids is 1. The monoisotopic (exact) mass is 797 g/mol. The van der Waals surface area contributed by atoms with Crippen molar-refractivity contribution in [3.8, 4) is 0 Å². The van der Waals surface area contributed by atoms with E-state index in [2.05, 4.69) is 10.6 Å². The highest BCUT2D eigenvalue weighted by Gasteiger charge is 2.35. The van der Waals surface area contributed by atoms with Crippen LogP contribution in [0.4, 0.5) is 0 Å². The summed E-state index contributed by atoms with van der Waals surface area (Å²) in [5, 5.41) is 47.5. The standard InChI is InChI=1S/C8H15NO2.C7H15NO2.C6H13NO.C5H11NO.C5H10O2.2C5H12O/c1-8(2,3)7(11)9-4-6(10)5-9;1-7(2,3)6(10)8-4-5-9;1-6(2,3)5(8)7-4;2*1-5(2,3)4(6)7;2*1-5(2,3)4-6/h6,10H,4-5H2,1-3H3;9H,4-5H2,1-3H3,(H,8,10);1-4H3,(H,7,8);1-3H3,(H2,6,7);1-3H3,(H,6,7);2*6H,4H2,1-3H3. The molecular formula is C41H88N4O10. The lowest BCUT2D eigenvalue weighted by molar-refractivity contribution is -0.149. The number of nitrogens with two attached hydrogens (primary N) is 1. The molecular weight excluding hydrogens is 708 g/mol. The summed E-state index contributed by atoms with van der Waals surface area (Å²) >= 11 is 0. The highest BCUT2D eigenvalue weighted by Crippen LogP contribution is 2.21. The van der Waals surface area contributed by atoms with E-state index in [9.17, 15) is 24.0 Å². The van der Waals surface area contributed by atoms with Crippen LogP contribution in [0.3, 0.4) is 0 Å². The third-order valence-electron chi connectivity index (χ3n) is 6.11. The first-order valence-electron chi connectivity index (χ1n) is 18.7. The van der Waals surface area contributed by atoms with Gasteiger partial charge < -0.3 is 46.8 Å². The van der Waals surface area contributed by atoms with Gasteiger partial charge in [-0.3, -0.25) is 24.0 Å². The second-order valence-electron chi connectivity index (χ2n) is 20.8. The van der Waals surface area contributed by atoms with Gasteiger partial charge in [-0.1, -0.05) is 125 Å². The molecule has 1 rings (SSSR count). The zero-order chi connectivity index (χ0) is 46.2. The molecule has 1 fully saturated rings. The van der Waals surface area contributed by atoms with Crippen LogP contribution in [0.5, 0.6) is 0 Å². The van der Waals surface area contributed by atoms with Crippen LogP contribution in [-0.2, 0) is 24.0 Å². The van der Waals surface area contributed by atoms with Crippen molar-refractivity contribution in [2.45, 2.75) is 152 Å². The van der Waals surface area contributed by atoms with Gasteiger partial charge in [-0.05, 0) is 31.6 Å². The van der Waals surface area contributed by atoms with Crippen molar-refractivity contribution in [3.63, 3.8) is 0 Å². The van der Waals surface area contributed by atoms with Crippen molar-refractivity contribution in [2.24, 2.45) is 43.6 Å². The number of hydrogen-bond acceptors (Lipinski definition) is 9. The van der Waals surface area contributed by atoms with Gasteiger partial charge in [0.2, 0.25) is 23.6 Å². The number of nitrogens with one attached hydrogen (secondary N) is 2. The lowest BCUT2D eigenvalue weighted by Crippen LogP contribution is -2.56. The minimum Gasteiger partial charge on any atom is -0.481 e. The Hall–Kier alpha value is -2.81. The molecule has 1 heterocycles. The summed E-state index contributed by atoms with van der Waals surface area (Å²) in [7, 11) is 1.65. The lowest BCUT2D eigenvalue weighted by atomic mass is 9.93. The quantitative estimate of drug-likeness (QED) is 0.189. The van der Waals surface area contributed by atoms with Crippen molar-refractivity contribution >= 4 is 29.6 Å². The van der Waals surface area contributed by atoms with Gasteiger partial charge in [0.25, 0.3) is 0 Å². The molecule has 9 N–H and O–H groups in total. The number of hydrogen-bond donors (Lipinski definition) is 8. The SMILES string of the molecule is CC(C)(C)C(=O)N1CC(O)C1.CC(C)(C)C(=O)NCCO.CC(C)(C)C(=O)O.CC(C)(C)C(N)=O.CC(C)(C)CO.CC(C)(C)CO.CNC(=O)C(C)(C)C. The summed E-state index contributed by atoms with van der Waals surface area (Å²) in [6.07, 6.45) is -0.290. The molecule has 0 atom stereocenters. The Morgan fingerprint density at radius 1 is 0.582 bits per heavy atom. The molecule has 0 aromatic rings. The van der Waals surface area contributed by atoms with E-state index in [4.69, 9.17) is 31.3 Å². The fourth-order valence-electron chi connectivity index (χ4n) is 1.91. The number of aliphatic hydroxyl groups excluding tert-OH is 4. The summed E-state index contributed by atoms with van der Waals surface area (Å²) in [4.78, 5) is 55.1. The average molecular weight is 797 g/mol. The van der Waals surface area contributed by atoms with E-state index in [0.29, 0.717) is 19.6 Å². The number of β-amino-alcohol motifs (C(OH)–C–C–N with tert-alkyl or cyclic N) is 1. The number of carboxylic acid groups (broad SMARTS) is 1. The third kappa shape index (κ3) is 47.3. The molecule has 14 heteroatoms. The van der Waals surface area contributed by atoms with Gasteiger partial charge in [-0.2, -0.15) is 0 Å². The predicted molar refractivity (Wildman–Crippen MR) is 224 cm³/mol. The van der Waals surface area contributed by atoms with Crippen molar-refractivity contribution in [1.29, 1.82) is 0 Å². The van der Waals surface area contributed by atoms with Crippen molar-refractivity contribution in [2.75, 3.05) is 46.5 Å². The van der Waals surface area contributed by atoms with Crippen LogP contribution in [-0.4, -0.2) is 113 Å². The maximum atomic E-state index is 11.4. The van der Waals surface area contributed by atoms with Gasteiger partial charge in [-0.25, -0.2) is 0 Å². The van der Waals surface area contributed by atoms with Gasteiger partial charge in [0.1, 0.15) is 0 Å². The molecule has 0 saturated carbocycles. The molecule has 0 aliphatic carbocycles.